The number of benzene rings is 4. The highest BCUT2D eigenvalue weighted by Crippen LogP contribution is 2.28. The summed E-state index contributed by atoms with van der Waals surface area (Å²) in [5, 5.41) is 3.65. The SMILES string of the molecule is COc1ccc(CNC(=O)[C@H](Cc2ccccc2)N(Cc2ccc(Cl)cc2)C(=O)Cc2ccc(OC)c(OC)c2)cc1. The van der Waals surface area contributed by atoms with Gasteiger partial charge in [-0.05, 0) is 58.7 Å². The van der Waals surface area contributed by atoms with Crippen molar-refractivity contribution in [2.24, 2.45) is 0 Å². The van der Waals surface area contributed by atoms with Gasteiger partial charge in [0.25, 0.3) is 0 Å². The lowest BCUT2D eigenvalue weighted by Crippen LogP contribution is -2.50. The van der Waals surface area contributed by atoms with Gasteiger partial charge in [-0.25, -0.2) is 0 Å². The fourth-order valence-electron chi connectivity index (χ4n) is 4.66. The molecular weight excluding hydrogens is 552 g/mol. The van der Waals surface area contributed by atoms with Crippen molar-refractivity contribution >= 4 is 23.4 Å². The van der Waals surface area contributed by atoms with Crippen LogP contribution in [0.4, 0.5) is 0 Å². The Morgan fingerprint density at radius 1 is 0.738 bits per heavy atom. The van der Waals surface area contributed by atoms with Crippen molar-refractivity contribution in [2.75, 3.05) is 21.3 Å². The highest BCUT2D eigenvalue weighted by Gasteiger charge is 2.30. The molecule has 0 unspecified atom stereocenters. The van der Waals surface area contributed by atoms with E-state index in [2.05, 4.69) is 5.32 Å². The van der Waals surface area contributed by atoms with E-state index >= 15 is 0 Å². The van der Waals surface area contributed by atoms with Gasteiger partial charge in [0.05, 0.1) is 27.8 Å². The van der Waals surface area contributed by atoms with Crippen LogP contribution in [0.15, 0.2) is 97.1 Å². The molecule has 7 nitrogen and oxygen atoms in total. The minimum atomic E-state index is -0.769. The van der Waals surface area contributed by atoms with E-state index < -0.39 is 6.04 Å². The zero-order chi connectivity index (χ0) is 29.9. The lowest BCUT2D eigenvalue weighted by atomic mass is 10.0. The van der Waals surface area contributed by atoms with Crippen LogP contribution < -0.4 is 19.5 Å². The Labute approximate surface area is 252 Å². The molecule has 0 aliphatic rings. The maximum atomic E-state index is 14.1. The van der Waals surface area contributed by atoms with Crippen LogP contribution in [0, 0.1) is 0 Å². The largest absolute Gasteiger partial charge is 0.497 e. The number of nitrogens with one attached hydrogen (secondary N) is 1. The zero-order valence-electron chi connectivity index (χ0n) is 24.0. The van der Waals surface area contributed by atoms with Gasteiger partial charge < -0.3 is 24.4 Å². The molecule has 0 aromatic heterocycles. The summed E-state index contributed by atoms with van der Waals surface area (Å²) in [5.41, 5.74) is 3.47. The third kappa shape index (κ3) is 8.27. The molecule has 0 bridgehead atoms. The van der Waals surface area contributed by atoms with Crippen LogP contribution >= 0.6 is 11.6 Å². The van der Waals surface area contributed by atoms with Crippen LogP contribution in [0.2, 0.25) is 5.02 Å². The van der Waals surface area contributed by atoms with E-state index in [0.29, 0.717) is 29.5 Å². The van der Waals surface area contributed by atoms with Crippen molar-refractivity contribution < 1.29 is 23.8 Å². The Bertz CT molecular complexity index is 1460. The van der Waals surface area contributed by atoms with Crippen molar-refractivity contribution in [3.8, 4) is 17.2 Å². The third-order valence-corrected chi connectivity index (χ3v) is 7.22. The summed E-state index contributed by atoms with van der Waals surface area (Å²) in [4.78, 5) is 29.6. The monoisotopic (exact) mass is 586 g/mol. The maximum absolute atomic E-state index is 14.1. The van der Waals surface area contributed by atoms with Crippen molar-refractivity contribution in [3.05, 3.63) is 124 Å². The predicted molar refractivity (Wildman–Crippen MR) is 164 cm³/mol. The Morgan fingerprint density at radius 2 is 1.38 bits per heavy atom. The van der Waals surface area contributed by atoms with Gasteiger partial charge in [-0.3, -0.25) is 9.59 Å². The second-order valence-corrected chi connectivity index (χ2v) is 10.2. The molecule has 4 rings (SSSR count). The molecule has 0 saturated heterocycles. The summed E-state index contributed by atoms with van der Waals surface area (Å²) in [6.45, 7) is 0.545. The van der Waals surface area contributed by atoms with Gasteiger partial charge >= 0.3 is 0 Å². The number of amides is 2. The second kappa shape index (κ2) is 14.9. The zero-order valence-corrected chi connectivity index (χ0v) is 24.8. The van der Waals surface area contributed by atoms with Crippen LogP contribution in [0.3, 0.4) is 0 Å². The van der Waals surface area contributed by atoms with E-state index in [-0.39, 0.29) is 24.8 Å². The molecule has 42 heavy (non-hydrogen) atoms. The first kappa shape index (κ1) is 30.5. The molecule has 0 fully saturated rings. The normalized spacial score (nSPS) is 11.3. The number of ether oxygens (including phenoxy) is 3. The van der Waals surface area contributed by atoms with Crippen LogP contribution in [-0.4, -0.2) is 44.1 Å². The van der Waals surface area contributed by atoms with Crippen molar-refractivity contribution in [3.63, 3.8) is 0 Å². The van der Waals surface area contributed by atoms with E-state index in [1.807, 2.05) is 72.8 Å². The number of rotatable bonds is 13. The first-order valence-corrected chi connectivity index (χ1v) is 14.0. The summed E-state index contributed by atoms with van der Waals surface area (Å²) in [7, 11) is 4.73. The van der Waals surface area contributed by atoms with Crippen molar-refractivity contribution in [2.45, 2.75) is 32.0 Å². The Hall–Kier alpha value is -4.49. The molecule has 4 aromatic carbocycles. The van der Waals surface area contributed by atoms with Crippen LogP contribution in [-0.2, 0) is 35.5 Å². The van der Waals surface area contributed by atoms with Gasteiger partial charge in [0.1, 0.15) is 11.8 Å². The van der Waals surface area contributed by atoms with Gasteiger partial charge in [-0.2, -0.15) is 0 Å². The molecule has 8 heteroatoms. The average molecular weight is 587 g/mol. The Morgan fingerprint density at radius 3 is 2.02 bits per heavy atom. The molecule has 0 radical (unpaired) electrons. The number of halogens is 1. The Kier molecular flexibility index (Phi) is 10.8. The van der Waals surface area contributed by atoms with Crippen LogP contribution in [0.25, 0.3) is 0 Å². The molecule has 0 spiro atoms. The molecule has 0 saturated carbocycles. The Balaban J connectivity index is 1.65. The summed E-state index contributed by atoms with van der Waals surface area (Å²) >= 11 is 6.14. The van der Waals surface area contributed by atoms with Gasteiger partial charge in [-0.1, -0.05) is 72.3 Å². The first-order valence-electron chi connectivity index (χ1n) is 13.6. The van der Waals surface area contributed by atoms with E-state index in [0.717, 1.165) is 28.0 Å². The minimum absolute atomic E-state index is 0.0744. The number of hydrogen-bond acceptors (Lipinski definition) is 5. The summed E-state index contributed by atoms with van der Waals surface area (Å²) in [6, 6.07) is 29.1. The molecule has 0 aliphatic carbocycles. The summed E-state index contributed by atoms with van der Waals surface area (Å²) in [6.07, 6.45) is 0.422. The standard InChI is InChI=1S/C34H35ClN2O5/c1-40-29-16-11-25(12-17-29)22-36-34(39)30(19-24-7-5-4-6-8-24)37(23-26-9-14-28(35)15-10-26)33(38)21-27-13-18-31(41-2)32(20-27)42-3/h4-18,20,30H,19,21-23H2,1-3H3,(H,36,39)/t30-/m0/s1. The van der Waals surface area contributed by atoms with Gasteiger partial charge in [-0.15, -0.1) is 0 Å². The fourth-order valence-corrected chi connectivity index (χ4v) is 4.78. The van der Waals surface area contributed by atoms with E-state index in [9.17, 15) is 9.59 Å². The highest BCUT2D eigenvalue weighted by atomic mass is 35.5. The van der Waals surface area contributed by atoms with E-state index in [1.54, 1.807) is 50.5 Å². The van der Waals surface area contributed by atoms with Gasteiger partial charge in [0, 0.05) is 24.5 Å². The maximum Gasteiger partial charge on any atom is 0.243 e. The lowest BCUT2D eigenvalue weighted by molar-refractivity contribution is -0.140. The third-order valence-electron chi connectivity index (χ3n) is 6.97. The molecule has 0 heterocycles. The van der Waals surface area contributed by atoms with Crippen LogP contribution in [0.1, 0.15) is 22.3 Å². The second-order valence-electron chi connectivity index (χ2n) is 9.79. The molecule has 1 N–H and O–H groups in total. The van der Waals surface area contributed by atoms with E-state index in [1.165, 1.54) is 0 Å². The summed E-state index contributed by atoms with van der Waals surface area (Å²) < 4.78 is 16.0. The molecular formula is C34H35ClN2O5. The minimum Gasteiger partial charge on any atom is -0.497 e. The van der Waals surface area contributed by atoms with Crippen molar-refractivity contribution in [1.82, 2.24) is 10.2 Å². The first-order chi connectivity index (χ1) is 20.4. The topological polar surface area (TPSA) is 77.1 Å². The molecule has 218 valence electrons. The van der Waals surface area contributed by atoms with Gasteiger partial charge in [0.2, 0.25) is 11.8 Å². The molecule has 1 atom stereocenters. The van der Waals surface area contributed by atoms with Gasteiger partial charge in [0.15, 0.2) is 11.5 Å². The van der Waals surface area contributed by atoms with E-state index in [4.69, 9.17) is 25.8 Å². The molecule has 2 amide bonds. The average Bonchev–Trinajstić information content (AvgIpc) is 3.03. The molecule has 0 aliphatic heterocycles. The summed E-state index contributed by atoms with van der Waals surface area (Å²) in [5.74, 6) is 1.40. The lowest BCUT2D eigenvalue weighted by Gasteiger charge is -2.32. The predicted octanol–water partition coefficient (Wildman–Crippen LogP) is 5.86. The highest BCUT2D eigenvalue weighted by molar-refractivity contribution is 6.30. The van der Waals surface area contributed by atoms with Crippen LogP contribution in [0.5, 0.6) is 17.2 Å². The smallest absolute Gasteiger partial charge is 0.243 e. The number of carbonyl (C=O) groups excluding carboxylic acids is 2. The molecule has 4 aromatic rings. The number of methoxy groups -OCH3 is 3. The number of nitrogens with zero attached hydrogens (tertiary/aromatic N) is 1. The number of carbonyl (C=O) groups is 2. The quantitative estimate of drug-likeness (QED) is 0.212. The number of hydrogen-bond donors (Lipinski definition) is 1. The fraction of sp³-hybridized carbons (Fsp3) is 0.235. The van der Waals surface area contributed by atoms with Crippen molar-refractivity contribution in [1.29, 1.82) is 0 Å².